The average Bonchev–Trinajstić information content (AvgIpc) is 3.44. The number of fused-ring (bicyclic) bond motifs is 2. The van der Waals surface area contributed by atoms with E-state index in [0.717, 1.165) is 7.25 Å². The van der Waals surface area contributed by atoms with Crippen LogP contribution < -0.4 is 0 Å². The van der Waals surface area contributed by atoms with Crippen LogP contribution in [0.2, 0.25) is 18.3 Å². The molecular formula is C32H26Cl2O6S2Zr. The first kappa shape index (κ1) is 32.0. The third-order valence-corrected chi connectivity index (χ3v) is 22.7. The van der Waals surface area contributed by atoms with E-state index in [9.17, 15) is 25.9 Å². The number of rotatable bonds is 4. The van der Waals surface area contributed by atoms with E-state index in [0.29, 0.717) is 10.0 Å². The van der Waals surface area contributed by atoms with Crippen LogP contribution in [0.25, 0.3) is 12.2 Å². The van der Waals surface area contributed by atoms with E-state index < -0.39 is 40.5 Å². The Morgan fingerprint density at radius 3 is 1.23 bits per heavy atom. The van der Waals surface area contributed by atoms with E-state index in [1.54, 1.807) is 19.4 Å². The van der Waals surface area contributed by atoms with Crippen molar-refractivity contribution in [1.82, 2.24) is 0 Å². The molecule has 2 atom stereocenters. The Labute approximate surface area is 266 Å². The zero-order chi connectivity index (χ0) is 30.8. The maximum Gasteiger partial charge on any atom is 0.124 e. The van der Waals surface area contributed by atoms with E-state index in [2.05, 4.69) is 72.8 Å². The Morgan fingerprint density at radius 2 is 0.907 bits per heavy atom. The first-order valence-electron chi connectivity index (χ1n) is 13.4. The molecule has 0 amide bonds. The number of allylic oxidation sites excluding steroid dienone is 2. The largest absolute Gasteiger partial charge is 0.744 e. The van der Waals surface area contributed by atoms with Crippen molar-refractivity contribution in [3.63, 3.8) is 0 Å². The van der Waals surface area contributed by atoms with Crippen LogP contribution in [0, 0.1) is 0 Å². The molecule has 7 rings (SSSR count). The Morgan fingerprint density at radius 1 is 0.558 bits per heavy atom. The summed E-state index contributed by atoms with van der Waals surface area (Å²) in [6, 6.07) is 28.2. The first-order chi connectivity index (χ1) is 20.4. The van der Waals surface area contributed by atoms with Crippen molar-refractivity contribution in [3.8, 4) is 0 Å². The number of hydrogen-bond donors (Lipinski definition) is 0. The molecule has 4 aromatic carbocycles. The quantitative estimate of drug-likeness (QED) is 0.197. The van der Waals surface area contributed by atoms with Crippen molar-refractivity contribution in [2.24, 2.45) is 0 Å². The first-order valence-corrected chi connectivity index (χ1v) is 23.2. The van der Waals surface area contributed by atoms with Gasteiger partial charge in [0.15, 0.2) is 0 Å². The molecule has 0 saturated carbocycles. The molecule has 11 heteroatoms. The fraction of sp³-hybridized carbons (Fsp3) is 0.125. The van der Waals surface area contributed by atoms with Gasteiger partial charge in [-0.1, -0.05) is 23.2 Å². The van der Waals surface area contributed by atoms with Crippen LogP contribution in [-0.4, -0.2) is 25.9 Å². The van der Waals surface area contributed by atoms with Gasteiger partial charge in [0.05, 0.1) is 9.79 Å². The van der Waals surface area contributed by atoms with E-state index >= 15 is 0 Å². The molecule has 1 aliphatic heterocycles. The smallest absolute Gasteiger partial charge is 0.124 e. The molecule has 0 N–H and O–H groups in total. The van der Waals surface area contributed by atoms with Gasteiger partial charge in [-0.3, -0.25) is 0 Å². The van der Waals surface area contributed by atoms with E-state index in [1.165, 1.54) is 59.7 Å². The van der Waals surface area contributed by atoms with Crippen molar-refractivity contribution in [3.05, 3.63) is 142 Å². The Bertz CT molecular complexity index is 1770. The van der Waals surface area contributed by atoms with Crippen molar-refractivity contribution in [2.45, 2.75) is 25.3 Å². The molecule has 2 aliphatic carbocycles. The summed E-state index contributed by atoms with van der Waals surface area (Å²) in [5, 5.41) is 0.801. The molecule has 0 aromatic heterocycles. The maximum atomic E-state index is 10.3. The van der Waals surface area contributed by atoms with Gasteiger partial charge in [-0.15, -0.1) is 0 Å². The van der Waals surface area contributed by atoms with Crippen molar-refractivity contribution in [1.29, 1.82) is 0 Å². The molecule has 0 spiro atoms. The molecule has 2 unspecified atom stereocenters. The molecule has 4 aromatic rings. The summed E-state index contributed by atoms with van der Waals surface area (Å²) in [4.78, 5) is -0.524. The van der Waals surface area contributed by atoms with Gasteiger partial charge in [-0.2, -0.15) is 0 Å². The van der Waals surface area contributed by atoms with E-state index in [-0.39, 0.29) is 9.79 Å². The number of hydrogen-bond acceptors (Lipinski definition) is 6. The second-order valence-corrected chi connectivity index (χ2v) is 25.7. The van der Waals surface area contributed by atoms with E-state index in [4.69, 9.17) is 23.2 Å². The zero-order valence-electron chi connectivity index (χ0n) is 22.6. The Balaban J connectivity index is 0.000000143. The summed E-state index contributed by atoms with van der Waals surface area (Å²) in [6.45, 7) is 0. The van der Waals surface area contributed by atoms with Crippen LogP contribution in [0.4, 0.5) is 0 Å². The molecule has 1 saturated heterocycles. The van der Waals surface area contributed by atoms with Gasteiger partial charge < -0.3 is 9.11 Å². The summed E-state index contributed by atoms with van der Waals surface area (Å²) in [5.41, 5.74) is 6.20. The van der Waals surface area contributed by atoms with Gasteiger partial charge in [0.1, 0.15) is 20.2 Å². The van der Waals surface area contributed by atoms with Crippen LogP contribution in [0.1, 0.15) is 29.5 Å². The van der Waals surface area contributed by atoms with Crippen LogP contribution in [0.15, 0.2) is 119 Å². The second kappa shape index (κ2) is 12.9. The topological polar surface area (TPSA) is 114 Å². The second-order valence-electron chi connectivity index (χ2n) is 10.5. The summed E-state index contributed by atoms with van der Waals surface area (Å²) in [6.07, 6.45) is 9.84. The van der Waals surface area contributed by atoms with Crippen molar-refractivity contribution in [2.75, 3.05) is 0 Å². The average molecular weight is 733 g/mol. The van der Waals surface area contributed by atoms with Crippen LogP contribution in [-0.2, 0) is 40.5 Å². The molecule has 1 fully saturated rings. The molecule has 1 heterocycles. The summed E-state index contributed by atoms with van der Waals surface area (Å²) < 4.78 is 66.8. The minimum absolute atomic E-state index is 0.262. The maximum absolute atomic E-state index is 10.3. The standard InChI is InChI=1S/2C9H7.2C6H5ClO3S.C2H4.Zr/c2*1-2-5-9-7-3-6-8(9)4-1;2*7-5-1-3-6(4-2-5)11(8,9)10;1-2;/h2*1-7H;2*1-4H,(H,8,9,10);1-2H2;/q;;;;;+2/p-2. The molecular weight excluding hydrogens is 707 g/mol. The van der Waals surface area contributed by atoms with Crippen molar-refractivity contribution < 1.29 is 46.2 Å². The summed E-state index contributed by atoms with van der Waals surface area (Å²) in [5.74, 6) is 0. The molecule has 220 valence electrons. The van der Waals surface area contributed by atoms with Gasteiger partial charge in [0, 0.05) is 10.0 Å². The van der Waals surface area contributed by atoms with Crippen LogP contribution >= 0.6 is 23.2 Å². The molecule has 6 nitrogen and oxygen atoms in total. The SMILES string of the molecule is C1=C[CH]([Zr+2]2([CH]3C=Cc4ccccc43)[CH2][CH2]2)c2ccccc21.O=S(=O)([O-])c1ccc(Cl)cc1.O=S(=O)([O-])c1ccc(Cl)cc1. The monoisotopic (exact) mass is 730 g/mol. The minimum atomic E-state index is -4.33. The third-order valence-electron chi connectivity index (χ3n) is 7.87. The molecule has 0 radical (unpaired) electrons. The van der Waals surface area contributed by atoms with Gasteiger partial charge in [0.2, 0.25) is 0 Å². The normalized spacial score (nSPS) is 18.1. The predicted octanol–water partition coefficient (Wildman–Crippen LogP) is 8.01. The van der Waals surface area contributed by atoms with E-state index in [1.807, 2.05) is 0 Å². The van der Waals surface area contributed by atoms with Gasteiger partial charge in [-0.25, -0.2) is 16.8 Å². The fourth-order valence-electron chi connectivity index (χ4n) is 5.66. The van der Waals surface area contributed by atoms with Crippen molar-refractivity contribution >= 4 is 55.6 Å². The predicted molar refractivity (Wildman–Crippen MR) is 165 cm³/mol. The van der Waals surface area contributed by atoms with Crippen LogP contribution in [0.3, 0.4) is 0 Å². The van der Waals surface area contributed by atoms with Gasteiger partial charge in [0.25, 0.3) is 0 Å². The molecule has 0 bridgehead atoms. The van der Waals surface area contributed by atoms with Gasteiger partial charge >= 0.3 is 131 Å². The van der Waals surface area contributed by atoms with Crippen LogP contribution in [0.5, 0.6) is 0 Å². The van der Waals surface area contributed by atoms with Gasteiger partial charge in [-0.05, 0) is 48.5 Å². The molecule has 3 aliphatic rings. The fourth-order valence-corrected chi connectivity index (χ4v) is 22.5. The summed E-state index contributed by atoms with van der Waals surface area (Å²) in [7, 11) is -8.66. The Hall–Kier alpha value is -2.36. The summed E-state index contributed by atoms with van der Waals surface area (Å²) >= 11 is 8.80. The minimum Gasteiger partial charge on any atom is -0.744 e. The number of halogens is 2. The Kier molecular flexibility index (Phi) is 9.64. The number of benzene rings is 4. The third kappa shape index (κ3) is 7.48. The molecule has 43 heavy (non-hydrogen) atoms. The zero-order valence-corrected chi connectivity index (χ0v) is 28.2.